The number of ether oxygens (including phenoxy) is 1. The van der Waals surface area contributed by atoms with E-state index in [1.807, 2.05) is 26.0 Å². The number of carbonyl (C=O) groups excluding carboxylic acids is 2. The van der Waals surface area contributed by atoms with Gasteiger partial charge in [0.2, 0.25) is 0 Å². The number of hydrogen-bond acceptors (Lipinski definition) is 6. The second-order valence-corrected chi connectivity index (χ2v) is 8.09. The minimum absolute atomic E-state index is 0.0492. The molecule has 3 aromatic rings. The maximum Gasteiger partial charge on any atom is 0.300 e. The number of aryl methyl sites for hydroxylation is 2. The maximum atomic E-state index is 13.3. The Balaban J connectivity index is 2.00. The van der Waals surface area contributed by atoms with E-state index in [2.05, 4.69) is 0 Å². The number of carbonyl (C=O) groups is 2. The van der Waals surface area contributed by atoms with E-state index < -0.39 is 17.7 Å². The molecule has 0 aliphatic carbocycles. The molecule has 34 heavy (non-hydrogen) atoms. The first kappa shape index (κ1) is 22.6. The highest BCUT2D eigenvalue weighted by Gasteiger charge is 2.47. The summed E-state index contributed by atoms with van der Waals surface area (Å²) in [7, 11) is 1.47. The number of nitriles is 1. The van der Waals surface area contributed by atoms with Gasteiger partial charge in [-0.3, -0.25) is 14.5 Å². The maximum absolute atomic E-state index is 13.3. The molecule has 0 radical (unpaired) electrons. The molecule has 1 heterocycles. The summed E-state index contributed by atoms with van der Waals surface area (Å²) in [5.74, 6) is -1.72. The zero-order valence-corrected chi connectivity index (χ0v) is 18.9. The Morgan fingerprint density at radius 2 is 1.76 bits per heavy atom. The van der Waals surface area contributed by atoms with E-state index in [9.17, 15) is 19.8 Å². The predicted octanol–water partition coefficient (Wildman–Crippen LogP) is 4.52. The van der Waals surface area contributed by atoms with Crippen LogP contribution in [0.4, 0.5) is 5.69 Å². The fourth-order valence-electron chi connectivity index (χ4n) is 4.35. The van der Waals surface area contributed by atoms with E-state index in [1.54, 1.807) is 42.5 Å². The molecule has 0 aromatic heterocycles. The molecule has 1 amide bonds. The van der Waals surface area contributed by atoms with Crippen molar-refractivity contribution in [3.05, 3.63) is 94.1 Å². The number of ketones is 1. The van der Waals surface area contributed by atoms with Gasteiger partial charge in [0.25, 0.3) is 11.7 Å². The fraction of sp³-hybridized carbons (Fsp3) is 0.148. The van der Waals surface area contributed by atoms with Crippen molar-refractivity contribution in [1.82, 2.24) is 0 Å². The molecule has 1 aliphatic rings. The summed E-state index contributed by atoms with van der Waals surface area (Å²) in [6, 6.07) is 17.0. The standard InChI is InChI=1S/C27H22N2O5/c1-15-11-16(2)26(34-3)21(12-15)24(31)22-23(18-5-4-6-20(30)13-18)29(27(33)25(22)32)19-9-7-17(14-28)8-10-19/h4-13,23,30-31H,1-3H3/b24-22+. The van der Waals surface area contributed by atoms with Gasteiger partial charge in [0.1, 0.15) is 17.3 Å². The molecule has 7 nitrogen and oxygen atoms in total. The second kappa shape index (κ2) is 8.75. The van der Waals surface area contributed by atoms with Crippen LogP contribution in [0.15, 0.2) is 66.2 Å². The Morgan fingerprint density at radius 3 is 2.38 bits per heavy atom. The number of phenolic OH excluding ortho intramolecular Hbond substituents is 1. The van der Waals surface area contributed by atoms with Crippen LogP contribution >= 0.6 is 0 Å². The third kappa shape index (κ3) is 3.76. The number of phenols is 1. The van der Waals surface area contributed by atoms with Crippen LogP contribution < -0.4 is 9.64 Å². The summed E-state index contributed by atoms with van der Waals surface area (Å²) in [5.41, 5.74) is 2.99. The van der Waals surface area contributed by atoms with Crippen molar-refractivity contribution in [3.8, 4) is 17.6 Å². The van der Waals surface area contributed by atoms with E-state index >= 15 is 0 Å². The monoisotopic (exact) mass is 454 g/mol. The largest absolute Gasteiger partial charge is 0.508 e. The number of benzene rings is 3. The van der Waals surface area contributed by atoms with Crippen molar-refractivity contribution in [2.24, 2.45) is 0 Å². The van der Waals surface area contributed by atoms with Crippen molar-refractivity contribution < 1.29 is 24.5 Å². The van der Waals surface area contributed by atoms with Gasteiger partial charge < -0.3 is 14.9 Å². The average Bonchev–Trinajstić information content (AvgIpc) is 3.08. The molecule has 3 aromatic carbocycles. The van der Waals surface area contributed by atoms with Gasteiger partial charge in [0, 0.05) is 5.69 Å². The van der Waals surface area contributed by atoms with Crippen LogP contribution in [-0.4, -0.2) is 29.0 Å². The molecule has 4 rings (SSSR count). The van der Waals surface area contributed by atoms with Crippen molar-refractivity contribution >= 4 is 23.1 Å². The molecule has 0 saturated carbocycles. The van der Waals surface area contributed by atoms with Gasteiger partial charge in [-0.25, -0.2) is 0 Å². The van der Waals surface area contributed by atoms with Crippen LogP contribution in [0, 0.1) is 25.2 Å². The van der Waals surface area contributed by atoms with Gasteiger partial charge in [-0.2, -0.15) is 5.26 Å². The molecule has 0 bridgehead atoms. The molecule has 1 fully saturated rings. The highest BCUT2D eigenvalue weighted by molar-refractivity contribution is 6.51. The van der Waals surface area contributed by atoms with Crippen LogP contribution in [0.3, 0.4) is 0 Å². The molecular weight excluding hydrogens is 432 g/mol. The molecule has 1 unspecified atom stereocenters. The Morgan fingerprint density at radius 1 is 1.06 bits per heavy atom. The summed E-state index contributed by atoms with van der Waals surface area (Å²) in [6.45, 7) is 3.68. The van der Waals surface area contributed by atoms with E-state index in [0.717, 1.165) is 11.1 Å². The number of rotatable bonds is 4. The Kier molecular flexibility index (Phi) is 5.82. The molecule has 0 spiro atoms. The lowest BCUT2D eigenvalue weighted by molar-refractivity contribution is -0.132. The lowest BCUT2D eigenvalue weighted by Gasteiger charge is -2.26. The minimum Gasteiger partial charge on any atom is -0.508 e. The summed E-state index contributed by atoms with van der Waals surface area (Å²) in [6.07, 6.45) is 0. The highest BCUT2D eigenvalue weighted by atomic mass is 16.5. The van der Waals surface area contributed by atoms with Crippen molar-refractivity contribution in [2.75, 3.05) is 12.0 Å². The van der Waals surface area contributed by atoms with Crippen LogP contribution in [0.1, 0.15) is 33.9 Å². The van der Waals surface area contributed by atoms with E-state index in [-0.39, 0.29) is 17.1 Å². The van der Waals surface area contributed by atoms with Gasteiger partial charge in [-0.15, -0.1) is 0 Å². The smallest absolute Gasteiger partial charge is 0.300 e. The number of hydrogen-bond donors (Lipinski definition) is 2. The molecule has 170 valence electrons. The Labute approximate surface area is 196 Å². The van der Waals surface area contributed by atoms with Gasteiger partial charge in [0.15, 0.2) is 0 Å². The number of aliphatic hydroxyl groups excluding tert-OH is 1. The molecule has 1 atom stereocenters. The Hall–Kier alpha value is -4.57. The van der Waals surface area contributed by atoms with Gasteiger partial charge in [-0.1, -0.05) is 18.2 Å². The first-order valence-electron chi connectivity index (χ1n) is 10.5. The predicted molar refractivity (Wildman–Crippen MR) is 127 cm³/mol. The second-order valence-electron chi connectivity index (χ2n) is 8.09. The lowest BCUT2D eigenvalue weighted by Crippen LogP contribution is -2.29. The zero-order valence-electron chi connectivity index (χ0n) is 18.9. The Bertz CT molecular complexity index is 1380. The third-order valence-corrected chi connectivity index (χ3v) is 5.78. The fourth-order valence-corrected chi connectivity index (χ4v) is 4.35. The molecule has 1 aliphatic heterocycles. The number of anilines is 1. The summed E-state index contributed by atoms with van der Waals surface area (Å²) < 4.78 is 5.50. The van der Waals surface area contributed by atoms with E-state index in [4.69, 9.17) is 10.00 Å². The third-order valence-electron chi connectivity index (χ3n) is 5.78. The van der Waals surface area contributed by atoms with E-state index in [0.29, 0.717) is 28.1 Å². The van der Waals surface area contributed by atoms with Crippen molar-refractivity contribution in [2.45, 2.75) is 19.9 Å². The van der Waals surface area contributed by atoms with Gasteiger partial charge in [-0.05, 0) is 73.0 Å². The lowest BCUT2D eigenvalue weighted by atomic mass is 9.93. The number of amides is 1. The normalized spacial score (nSPS) is 17.0. The van der Waals surface area contributed by atoms with E-state index in [1.165, 1.54) is 24.1 Å². The van der Waals surface area contributed by atoms with Crippen LogP contribution in [0.5, 0.6) is 11.5 Å². The van der Waals surface area contributed by atoms with Crippen LogP contribution in [0.25, 0.3) is 5.76 Å². The number of methoxy groups -OCH3 is 1. The zero-order chi connectivity index (χ0) is 24.6. The SMILES string of the molecule is COc1c(C)cc(C)cc1/C(O)=C1\C(=O)C(=O)N(c2ccc(C#N)cc2)C1c1cccc(O)c1. The summed E-state index contributed by atoms with van der Waals surface area (Å²) >= 11 is 0. The quantitative estimate of drug-likeness (QED) is 0.341. The highest BCUT2D eigenvalue weighted by Crippen LogP contribution is 2.44. The van der Waals surface area contributed by atoms with Crippen LogP contribution in [-0.2, 0) is 9.59 Å². The summed E-state index contributed by atoms with van der Waals surface area (Å²) in [5, 5.41) is 30.6. The first-order chi connectivity index (χ1) is 16.3. The number of aromatic hydroxyl groups is 1. The first-order valence-corrected chi connectivity index (χ1v) is 10.5. The van der Waals surface area contributed by atoms with Crippen molar-refractivity contribution in [3.63, 3.8) is 0 Å². The molecule has 1 saturated heterocycles. The van der Waals surface area contributed by atoms with Gasteiger partial charge >= 0.3 is 0 Å². The number of Topliss-reactive ketones (excluding diaryl/α,β-unsaturated/α-hetero) is 1. The number of nitrogens with zero attached hydrogens (tertiary/aromatic N) is 2. The molecule has 2 N–H and O–H groups in total. The molecule has 7 heteroatoms. The number of aliphatic hydroxyl groups is 1. The average molecular weight is 454 g/mol. The van der Waals surface area contributed by atoms with Crippen LogP contribution in [0.2, 0.25) is 0 Å². The molecular formula is C27H22N2O5. The minimum atomic E-state index is -1.01. The topological polar surface area (TPSA) is 111 Å². The summed E-state index contributed by atoms with van der Waals surface area (Å²) in [4.78, 5) is 27.8. The van der Waals surface area contributed by atoms with Gasteiger partial charge in [0.05, 0.1) is 35.9 Å². The van der Waals surface area contributed by atoms with Crippen molar-refractivity contribution in [1.29, 1.82) is 5.26 Å².